The summed E-state index contributed by atoms with van der Waals surface area (Å²) in [6, 6.07) is 0. The Morgan fingerprint density at radius 1 is 0.414 bits per heavy atom. The van der Waals surface area contributed by atoms with E-state index in [4.69, 9.17) is 0 Å². The van der Waals surface area contributed by atoms with E-state index < -0.39 is 0 Å². The summed E-state index contributed by atoms with van der Waals surface area (Å²) in [5.74, 6) is 0. The van der Waals surface area contributed by atoms with E-state index in [-0.39, 0.29) is 0 Å². The van der Waals surface area contributed by atoms with Crippen molar-refractivity contribution in [3.8, 4) is 0 Å². The van der Waals surface area contributed by atoms with E-state index in [1.165, 1.54) is 103 Å². The van der Waals surface area contributed by atoms with Gasteiger partial charge in [0.1, 0.15) is 0 Å². The maximum atomic E-state index is 3.63. The van der Waals surface area contributed by atoms with Crippen molar-refractivity contribution in [2.24, 2.45) is 0 Å². The summed E-state index contributed by atoms with van der Waals surface area (Å²) in [5.41, 5.74) is 0. The normalized spacial score (nSPS) is 12.6. The third-order valence-corrected chi connectivity index (χ3v) is 5.14. The van der Waals surface area contributed by atoms with Gasteiger partial charge in [-0.3, -0.25) is 0 Å². The van der Waals surface area contributed by atoms with Crippen molar-refractivity contribution in [3.63, 3.8) is 0 Å². The van der Waals surface area contributed by atoms with Gasteiger partial charge in [-0.15, -0.1) is 0 Å². The summed E-state index contributed by atoms with van der Waals surface area (Å²) in [7, 11) is 0. The number of rotatable bonds is 21. The zero-order valence-electron chi connectivity index (χ0n) is 19.4. The van der Waals surface area contributed by atoms with Gasteiger partial charge in [0, 0.05) is 0 Å². The summed E-state index contributed by atoms with van der Waals surface area (Å²) >= 11 is 0. The second-order valence-electron chi connectivity index (χ2n) is 7.94. The fourth-order valence-corrected chi connectivity index (χ4v) is 3.34. The molecule has 0 aromatic carbocycles. The van der Waals surface area contributed by atoms with Crippen molar-refractivity contribution in [3.05, 3.63) is 73.4 Å². The van der Waals surface area contributed by atoms with Crippen LogP contribution in [0, 0.1) is 0 Å². The molecule has 0 unspecified atom stereocenters. The van der Waals surface area contributed by atoms with E-state index in [0.29, 0.717) is 0 Å². The van der Waals surface area contributed by atoms with Gasteiger partial charge in [-0.05, 0) is 12.8 Å². The summed E-state index contributed by atoms with van der Waals surface area (Å²) in [6.07, 6.45) is 45.1. The van der Waals surface area contributed by atoms with Crippen LogP contribution >= 0.6 is 0 Å². The second-order valence-corrected chi connectivity index (χ2v) is 7.94. The molecular weight excluding hydrogens is 348 g/mol. The summed E-state index contributed by atoms with van der Waals surface area (Å²) < 4.78 is 0. The minimum atomic E-state index is 1.21. The quantitative estimate of drug-likeness (QED) is 0.134. The monoisotopic (exact) mass is 396 g/mol. The van der Waals surface area contributed by atoms with Crippen LogP contribution in [0.5, 0.6) is 0 Å². The first-order valence-electron chi connectivity index (χ1n) is 12.4. The fourth-order valence-electron chi connectivity index (χ4n) is 3.34. The molecule has 0 aliphatic rings. The highest BCUT2D eigenvalue weighted by molar-refractivity contribution is 5.18. The van der Waals surface area contributed by atoms with Crippen LogP contribution < -0.4 is 0 Å². The highest BCUT2D eigenvalue weighted by atomic mass is 14.0. The Bertz CT molecular complexity index is 458. The van der Waals surface area contributed by atoms with Crippen LogP contribution in [0.15, 0.2) is 73.4 Å². The SMILES string of the molecule is C=CC=CC=CC=CC=CC=CCCCCCCCCCCCCCCCCC. The molecule has 0 saturated heterocycles. The molecule has 0 aromatic rings. The lowest BCUT2D eigenvalue weighted by atomic mass is 10.0. The predicted octanol–water partition coefficient (Wildman–Crippen LogP) is 10.2. The van der Waals surface area contributed by atoms with E-state index >= 15 is 0 Å². The Hall–Kier alpha value is -1.56. The van der Waals surface area contributed by atoms with Crippen LogP contribution in [0.2, 0.25) is 0 Å². The van der Waals surface area contributed by atoms with E-state index in [1.807, 2.05) is 30.4 Å². The first-order chi connectivity index (χ1) is 14.4. The molecule has 0 aliphatic carbocycles. The summed E-state index contributed by atoms with van der Waals surface area (Å²) in [5, 5.41) is 0. The Balaban J connectivity index is 3.26. The molecule has 0 fully saturated rings. The van der Waals surface area contributed by atoms with Crippen molar-refractivity contribution in [2.45, 2.75) is 110 Å². The number of hydrogen-bond donors (Lipinski definition) is 0. The smallest absolute Gasteiger partial charge is 0.0348 e. The molecule has 0 heterocycles. The molecule has 0 atom stereocenters. The van der Waals surface area contributed by atoms with Gasteiger partial charge in [0.05, 0.1) is 0 Å². The van der Waals surface area contributed by atoms with Crippen LogP contribution in [-0.4, -0.2) is 0 Å². The molecule has 0 spiro atoms. The topological polar surface area (TPSA) is 0 Å². The standard InChI is InChI=1S/C29H48/c1-3-5-7-9-11-13-15-17-19-21-23-25-27-29-28-26-24-22-20-18-16-14-12-10-8-6-4-2/h3,5,7,9,11,13,15,17,19,21,23H,1,4,6,8,10,12,14,16,18,20,22,24-29H2,2H3. The molecule has 0 aliphatic heterocycles. The fraction of sp³-hybridized carbons (Fsp3) is 0.586. The minimum absolute atomic E-state index is 1.21. The molecular formula is C29H48. The van der Waals surface area contributed by atoms with Gasteiger partial charge in [-0.2, -0.15) is 0 Å². The zero-order valence-corrected chi connectivity index (χ0v) is 19.4. The lowest BCUT2D eigenvalue weighted by Crippen LogP contribution is -1.83. The molecule has 0 saturated carbocycles. The largest absolute Gasteiger partial charge is 0.0991 e. The molecule has 0 aromatic heterocycles. The van der Waals surface area contributed by atoms with Crippen LogP contribution in [-0.2, 0) is 0 Å². The van der Waals surface area contributed by atoms with Gasteiger partial charge < -0.3 is 0 Å². The molecule has 0 radical (unpaired) electrons. The van der Waals surface area contributed by atoms with Gasteiger partial charge >= 0.3 is 0 Å². The highest BCUT2D eigenvalue weighted by Crippen LogP contribution is 2.13. The minimum Gasteiger partial charge on any atom is -0.0991 e. The van der Waals surface area contributed by atoms with Gasteiger partial charge in [-0.1, -0.05) is 170 Å². The molecule has 0 N–H and O–H groups in total. The van der Waals surface area contributed by atoms with Crippen molar-refractivity contribution < 1.29 is 0 Å². The molecule has 0 bridgehead atoms. The van der Waals surface area contributed by atoms with Crippen molar-refractivity contribution in [1.29, 1.82) is 0 Å². The first kappa shape index (κ1) is 27.4. The van der Waals surface area contributed by atoms with Crippen LogP contribution in [0.25, 0.3) is 0 Å². The van der Waals surface area contributed by atoms with Crippen LogP contribution in [0.3, 0.4) is 0 Å². The maximum absolute atomic E-state index is 3.63. The summed E-state index contributed by atoms with van der Waals surface area (Å²) in [6.45, 7) is 5.93. The van der Waals surface area contributed by atoms with E-state index in [0.717, 1.165) is 0 Å². The molecule has 0 nitrogen and oxygen atoms in total. The number of hydrogen-bond acceptors (Lipinski definition) is 0. The second kappa shape index (κ2) is 26.4. The molecule has 0 amide bonds. The van der Waals surface area contributed by atoms with Crippen molar-refractivity contribution >= 4 is 0 Å². The Labute approximate surface area is 183 Å². The molecule has 164 valence electrons. The average molecular weight is 397 g/mol. The predicted molar refractivity (Wildman–Crippen MR) is 135 cm³/mol. The number of allylic oxidation sites excluding steroid dienone is 11. The van der Waals surface area contributed by atoms with Gasteiger partial charge in [0.25, 0.3) is 0 Å². The third kappa shape index (κ3) is 26.4. The molecule has 0 heteroatoms. The Morgan fingerprint density at radius 3 is 1.17 bits per heavy atom. The van der Waals surface area contributed by atoms with Crippen molar-refractivity contribution in [2.75, 3.05) is 0 Å². The third-order valence-electron chi connectivity index (χ3n) is 5.14. The summed E-state index contributed by atoms with van der Waals surface area (Å²) in [4.78, 5) is 0. The molecule has 29 heavy (non-hydrogen) atoms. The zero-order chi connectivity index (χ0) is 21.1. The van der Waals surface area contributed by atoms with Crippen molar-refractivity contribution in [1.82, 2.24) is 0 Å². The first-order valence-corrected chi connectivity index (χ1v) is 12.4. The van der Waals surface area contributed by atoms with Crippen LogP contribution in [0.4, 0.5) is 0 Å². The highest BCUT2D eigenvalue weighted by Gasteiger charge is 1.94. The van der Waals surface area contributed by atoms with Gasteiger partial charge in [-0.25, -0.2) is 0 Å². The van der Waals surface area contributed by atoms with Gasteiger partial charge in [0.15, 0.2) is 0 Å². The average Bonchev–Trinajstić information content (AvgIpc) is 2.74. The van der Waals surface area contributed by atoms with E-state index in [9.17, 15) is 0 Å². The Morgan fingerprint density at radius 2 is 0.759 bits per heavy atom. The lowest BCUT2D eigenvalue weighted by Gasteiger charge is -2.03. The maximum Gasteiger partial charge on any atom is -0.0348 e. The van der Waals surface area contributed by atoms with Crippen LogP contribution in [0.1, 0.15) is 110 Å². The molecule has 0 rings (SSSR count). The Kier molecular flexibility index (Phi) is 25.0. The number of unbranched alkanes of at least 4 members (excludes halogenated alkanes) is 15. The van der Waals surface area contributed by atoms with E-state index in [2.05, 4.69) is 43.9 Å². The lowest BCUT2D eigenvalue weighted by molar-refractivity contribution is 0.533. The van der Waals surface area contributed by atoms with E-state index in [1.54, 1.807) is 6.08 Å². The van der Waals surface area contributed by atoms with Gasteiger partial charge in [0.2, 0.25) is 0 Å².